The summed E-state index contributed by atoms with van der Waals surface area (Å²) in [6, 6.07) is 0. The van der Waals surface area contributed by atoms with Gasteiger partial charge in [-0.05, 0) is 54.6 Å². The van der Waals surface area contributed by atoms with Crippen LogP contribution in [0.25, 0.3) is 0 Å². The summed E-state index contributed by atoms with van der Waals surface area (Å²) in [6.45, 7) is 2.47. The van der Waals surface area contributed by atoms with E-state index in [2.05, 4.69) is 19.1 Å². The van der Waals surface area contributed by atoms with Crippen LogP contribution in [0.15, 0.2) is 23.3 Å². The highest BCUT2D eigenvalue weighted by molar-refractivity contribution is 5.46. The van der Waals surface area contributed by atoms with Crippen molar-refractivity contribution < 1.29 is 0 Å². The van der Waals surface area contributed by atoms with Crippen molar-refractivity contribution in [1.29, 1.82) is 0 Å². The average molecular weight is 160 g/mol. The molecule has 12 heavy (non-hydrogen) atoms. The Balaban J connectivity index is 2.07. The molecule has 0 aromatic heterocycles. The molecule has 0 spiro atoms. The quantitative estimate of drug-likeness (QED) is 0.509. The summed E-state index contributed by atoms with van der Waals surface area (Å²) >= 11 is 0. The number of rotatable bonds is 0. The molecule has 0 aliphatic heterocycles. The van der Waals surface area contributed by atoms with Crippen LogP contribution in [0.5, 0.6) is 0 Å². The van der Waals surface area contributed by atoms with Crippen LogP contribution in [0.1, 0.15) is 39.0 Å². The molecule has 2 atom stereocenters. The second kappa shape index (κ2) is 2.04. The van der Waals surface area contributed by atoms with Crippen molar-refractivity contribution >= 4 is 0 Å². The Morgan fingerprint density at radius 3 is 2.92 bits per heavy atom. The molecule has 0 heteroatoms. The lowest BCUT2D eigenvalue weighted by molar-refractivity contribution is 0.124. The van der Waals surface area contributed by atoms with Gasteiger partial charge in [-0.15, -0.1) is 0 Å². The number of allylic oxidation sites excluding steroid dienone is 4. The second-order valence-electron chi connectivity index (χ2n) is 4.78. The zero-order valence-electron chi connectivity index (χ0n) is 7.77. The molecule has 2 saturated carbocycles. The predicted octanol–water partition coefficient (Wildman–Crippen LogP) is 3.45. The third-order valence-corrected chi connectivity index (χ3v) is 4.25. The van der Waals surface area contributed by atoms with E-state index < -0.39 is 0 Å². The minimum atomic E-state index is 0.617. The van der Waals surface area contributed by atoms with Crippen LogP contribution in [0.3, 0.4) is 0 Å². The molecule has 0 nitrogen and oxygen atoms in total. The first-order valence-corrected chi connectivity index (χ1v) is 5.21. The zero-order chi connectivity index (χ0) is 8.18. The Hall–Kier alpha value is -0.520. The third kappa shape index (κ3) is 0.646. The molecule has 0 radical (unpaired) electrons. The van der Waals surface area contributed by atoms with E-state index in [0.29, 0.717) is 5.41 Å². The smallest absolute Gasteiger partial charge is 0.00443 e. The van der Waals surface area contributed by atoms with E-state index in [1.807, 2.05) is 0 Å². The van der Waals surface area contributed by atoms with E-state index >= 15 is 0 Å². The van der Waals surface area contributed by atoms with Crippen LogP contribution in [0.4, 0.5) is 0 Å². The summed E-state index contributed by atoms with van der Waals surface area (Å²) in [5, 5.41) is 0. The third-order valence-electron chi connectivity index (χ3n) is 4.25. The molecular formula is C12H16. The fourth-order valence-electron chi connectivity index (χ4n) is 3.25. The summed E-state index contributed by atoms with van der Waals surface area (Å²) in [4.78, 5) is 0. The maximum absolute atomic E-state index is 2.51. The van der Waals surface area contributed by atoms with E-state index in [1.165, 1.54) is 32.1 Å². The van der Waals surface area contributed by atoms with Gasteiger partial charge >= 0.3 is 0 Å². The first kappa shape index (κ1) is 6.94. The van der Waals surface area contributed by atoms with Gasteiger partial charge < -0.3 is 0 Å². The first-order valence-electron chi connectivity index (χ1n) is 5.21. The van der Waals surface area contributed by atoms with Crippen molar-refractivity contribution in [1.82, 2.24) is 0 Å². The minimum Gasteiger partial charge on any atom is -0.0807 e. The standard InChI is InChI=1S/C12H16/c1-12-7-6-10(12)8-9-4-2-3-5-11(9)12/h4-5,10H,2-3,6-8H2,1H3. The molecule has 3 aliphatic carbocycles. The zero-order valence-corrected chi connectivity index (χ0v) is 7.77. The summed E-state index contributed by atoms with van der Waals surface area (Å²) in [5.41, 5.74) is 4.04. The van der Waals surface area contributed by atoms with Crippen LogP contribution < -0.4 is 0 Å². The molecule has 0 N–H and O–H groups in total. The summed E-state index contributed by atoms with van der Waals surface area (Å²) < 4.78 is 0. The molecule has 2 unspecified atom stereocenters. The van der Waals surface area contributed by atoms with E-state index in [4.69, 9.17) is 0 Å². The fraction of sp³-hybridized carbons (Fsp3) is 0.667. The summed E-state index contributed by atoms with van der Waals surface area (Å²) in [6.07, 6.45) is 11.9. The lowest BCUT2D eigenvalue weighted by atomic mass is 9.61. The van der Waals surface area contributed by atoms with Crippen LogP contribution in [0.2, 0.25) is 0 Å². The van der Waals surface area contributed by atoms with Gasteiger partial charge in [0.1, 0.15) is 0 Å². The van der Waals surface area contributed by atoms with Crippen LogP contribution in [-0.4, -0.2) is 0 Å². The molecule has 0 saturated heterocycles. The second-order valence-corrected chi connectivity index (χ2v) is 4.78. The molecule has 0 amide bonds. The van der Waals surface area contributed by atoms with Gasteiger partial charge in [0.2, 0.25) is 0 Å². The van der Waals surface area contributed by atoms with Gasteiger partial charge in [0.05, 0.1) is 0 Å². The fourth-order valence-corrected chi connectivity index (χ4v) is 3.25. The molecule has 0 aromatic carbocycles. The monoisotopic (exact) mass is 160 g/mol. The van der Waals surface area contributed by atoms with Crippen LogP contribution in [0, 0.1) is 11.3 Å². The van der Waals surface area contributed by atoms with Crippen molar-refractivity contribution in [2.45, 2.75) is 39.0 Å². The number of fused-ring (bicyclic) bond motifs is 3. The highest BCUT2D eigenvalue weighted by atomic mass is 14.5. The lowest BCUT2D eigenvalue weighted by Crippen LogP contribution is -2.33. The molecule has 0 aromatic rings. The van der Waals surface area contributed by atoms with Gasteiger partial charge in [0, 0.05) is 0 Å². The Morgan fingerprint density at radius 1 is 1.33 bits per heavy atom. The summed E-state index contributed by atoms with van der Waals surface area (Å²) in [7, 11) is 0. The van der Waals surface area contributed by atoms with Crippen molar-refractivity contribution in [3.63, 3.8) is 0 Å². The number of hydrogen-bond acceptors (Lipinski definition) is 0. The van der Waals surface area contributed by atoms with E-state index in [1.54, 1.807) is 11.1 Å². The highest BCUT2D eigenvalue weighted by Crippen LogP contribution is 2.62. The Morgan fingerprint density at radius 2 is 2.17 bits per heavy atom. The van der Waals surface area contributed by atoms with Gasteiger partial charge in [0.15, 0.2) is 0 Å². The molecule has 3 aliphatic rings. The van der Waals surface area contributed by atoms with Gasteiger partial charge in [0.25, 0.3) is 0 Å². The number of hydrogen-bond donors (Lipinski definition) is 0. The lowest BCUT2D eigenvalue weighted by Gasteiger charge is -2.43. The van der Waals surface area contributed by atoms with Crippen molar-refractivity contribution in [3.05, 3.63) is 23.3 Å². The SMILES string of the molecule is CC12CCC1CC1=CCCC=C12. The van der Waals surface area contributed by atoms with Gasteiger partial charge in [-0.2, -0.15) is 0 Å². The van der Waals surface area contributed by atoms with Gasteiger partial charge in [-0.25, -0.2) is 0 Å². The maximum Gasteiger partial charge on any atom is -0.00443 e. The molecular weight excluding hydrogens is 144 g/mol. The van der Waals surface area contributed by atoms with E-state index in [0.717, 1.165) is 5.92 Å². The topological polar surface area (TPSA) is 0 Å². The highest BCUT2D eigenvalue weighted by Gasteiger charge is 2.51. The Kier molecular flexibility index (Phi) is 1.18. The molecule has 64 valence electrons. The predicted molar refractivity (Wildman–Crippen MR) is 50.8 cm³/mol. The minimum absolute atomic E-state index is 0.617. The van der Waals surface area contributed by atoms with Crippen LogP contribution >= 0.6 is 0 Å². The van der Waals surface area contributed by atoms with Crippen molar-refractivity contribution in [3.8, 4) is 0 Å². The summed E-state index contributed by atoms with van der Waals surface area (Å²) in [5.74, 6) is 1.01. The average Bonchev–Trinajstić information content (AvgIpc) is 2.28. The van der Waals surface area contributed by atoms with E-state index in [-0.39, 0.29) is 0 Å². The Bertz CT molecular complexity index is 282. The first-order chi connectivity index (χ1) is 5.81. The van der Waals surface area contributed by atoms with E-state index in [9.17, 15) is 0 Å². The van der Waals surface area contributed by atoms with Gasteiger partial charge in [-0.1, -0.05) is 19.1 Å². The van der Waals surface area contributed by atoms with Crippen molar-refractivity contribution in [2.24, 2.45) is 11.3 Å². The maximum atomic E-state index is 2.51. The molecule has 2 fully saturated rings. The van der Waals surface area contributed by atoms with Gasteiger partial charge in [-0.3, -0.25) is 0 Å². The molecule has 3 rings (SSSR count). The molecule has 0 heterocycles. The Labute approximate surface area is 74.4 Å². The largest absolute Gasteiger partial charge is 0.0807 e. The van der Waals surface area contributed by atoms with Crippen LogP contribution in [-0.2, 0) is 0 Å². The van der Waals surface area contributed by atoms with Crippen molar-refractivity contribution in [2.75, 3.05) is 0 Å². The molecule has 0 bridgehead atoms. The normalized spacial score (nSPS) is 43.9.